The Hall–Kier alpha value is -2.20. The van der Waals surface area contributed by atoms with Crippen molar-refractivity contribution in [2.75, 3.05) is 6.54 Å². The minimum Gasteiger partial charge on any atom is -0.459 e. The van der Waals surface area contributed by atoms with Crippen LogP contribution in [0.2, 0.25) is 0 Å². The van der Waals surface area contributed by atoms with E-state index in [1.807, 2.05) is 18.2 Å². The van der Waals surface area contributed by atoms with Crippen molar-refractivity contribution in [3.05, 3.63) is 65.9 Å². The van der Waals surface area contributed by atoms with E-state index in [-0.39, 0.29) is 11.9 Å². The average molecular weight is 284 g/mol. The number of likely N-dealkylation sites (N-methyl/N-ethyl adjacent to an activating group) is 1. The number of rotatable bonds is 5. The van der Waals surface area contributed by atoms with Gasteiger partial charge in [0.15, 0.2) is 0 Å². The summed E-state index contributed by atoms with van der Waals surface area (Å²) in [6, 6.07) is 10.5. The molecule has 3 rings (SSSR count). The van der Waals surface area contributed by atoms with Crippen LogP contribution in [-0.2, 0) is 6.42 Å². The number of aromatic nitrogens is 1. The van der Waals surface area contributed by atoms with Gasteiger partial charge in [0.25, 0.3) is 0 Å². The molecule has 2 aromatic heterocycles. The standard InChI is InChI=1S/C17H17FN2O/c1-2-20-15(9-12-5-7-19-8-6-12)17-11-13-10-14(18)3-4-16(13)21-17/h3-8,10-11,15,20H,2,9H2,1H3. The molecular weight excluding hydrogens is 267 g/mol. The van der Waals surface area contributed by atoms with E-state index in [2.05, 4.69) is 17.2 Å². The lowest BCUT2D eigenvalue weighted by Gasteiger charge is -2.15. The molecule has 0 aliphatic heterocycles. The zero-order chi connectivity index (χ0) is 14.7. The van der Waals surface area contributed by atoms with E-state index in [0.717, 1.165) is 24.1 Å². The first-order valence-corrected chi connectivity index (χ1v) is 7.07. The van der Waals surface area contributed by atoms with E-state index in [0.29, 0.717) is 5.58 Å². The van der Waals surface area contributed by atoms with E-state index in [1.54, 1.807) is 18.5 Å². The Labute approximate surface area is 122 Å². The molecule has 0 radical (unpaired) electrons. The van der Waals surface area contributed by atoms with Crippen LogP contribution in [0.15, 0.2) is 53.2 Å². The lowest BCUT2D eigenvalue weighted by Crippen LogP contribution is -2.22. The van der Waals surface area contributed by atoms with Crippen LogP contribution < -0.4 is 5.32 Å². The molecule has 0 saturated heterocycles. The fraction of sp³-hybridized carbons (Fsp3) is 0.235. The molecule has 0 amide bonds. The summed E-state index contributed by atoms with van der Waals surface area (Å²) in [5.74, 6) is 0.582. The molecule has 3 nitrogen and oxygen atoms in total. The Morgan fingerprint density at radius 3 is 2.76 bits per heavy atom. The van der Waals surface area contributed by atoms with Gasteiger partial charge in [-0.15, -0.1) is 0 Å². The topological polar surface area (TPSA) is 38.1 Å². The fourth-order valence-electron chi connectivity index (χ4n) is 2.48. The van der Waals surface area contributed by atoms with Crippen LogP contribution in [0, 0.1) is 5.82 Å². The van der Waals surface area contributed by atoms with Gasteiger partial charge in [-0.1, -0.05) is 6.92 Å². The quantitative estimate of drug-likeness (QED) is 0.773. The minimum atomic E-state index is -0.246. The normalized spacial score (nSPS) is 12.7. The number of nitrogens with zero attached hydrogens (tertiary/aromatic N) is 1. The number of halogens is 1. The van der Waals surface area contributed by atoms with Crippen molar-refractivity contribution < 1.29 is 8.81 Å². The van der Waals surface area contributed by atoms with Gasteiger partial charge in [-0.05, 0) is 54.9 Å². The highest BCUT2D eigenvalue weighted by atomic mass is 19.1. The monoisotopic (exact) mass is 284 g/mol. The van der Waals surface area contributed by atoms with Crippen LogP contribution >= 0.6 is 0 Å². The molecular formula is C17H17FN2O. The number of fused-ring (bicyclic) bond motifs is 1. The van der Waals surface area contributed by atoms with Crippen molar-refractivity contribution in [2.24, 2.45) is 0 Å². The third kappa shape index (κ3) is 3.11. The zero-order valence-electron chi connectivity index (χ0n) is 11.8. The second kappa shape index (κ2) is 6.06. The lowest BCUT2D eigenvalue weighted by atomic mass is 10.0. The first kappa shape index (κ1) is 13.8. The molecule has 21 heavy (non-hydrogen) atoms. The van der Waals surface area contributed by atoms with Crippen molar-refractivity contribution in [1.82, 2.24) is 10.3 Å². The second-order valence-corrected chi connectivity index (χ2v) is 5.00. The maximum Gasteiger partial charge on any atom is 0.134 e. The average Bonchev–Trinajstić information content (AvgIpc) is 2.91. The van der Waals surface area contributed by atoms with Crippen molar-refractivity contribution >= 4 is 11.0 Å². The Balaban J connectivity index is 1.91. The maximum absolute atomic E-state index is 13.3. The van der Waals surface area contributed by atoms with Gasteiger partial charge in [0, 0.05) is 17.8 Å². The summed E-state index contributed by atoms with van der Waals surface area (Å²) >= 11 is 0. The molecule has 0 bridgehead atoms. The summed E-state index contributed by atoms with van der Waals surface area (Å²) in [4.78, 5) is 4.03. The Morgan fingerprint density at radius 2 is 2.00 bits per heavy atom. The highest BCUT2D eigenvalue weighted by molar-refractivity contribution is 5.78. The summed E-state index contributed by atoms with van der Waals surface area (Å²) in [6.45, 7) is 2.89. The van der Waals surface area contributed by atoms with Crippen LogP contribution in [0.4, 0.5) is 4.39 Å². The SMILES string of the molecule is CCNC(Cc1ccncc1)c1cc2cc(F)ccc2o1. The highest BCUT2D eigenvalue weighted by Crippen LogP contribution is 2.26. The molecule has 0 saturated carbocycles. The largest absolute Gasteiger partial charge is 0.459 e. The first-order valence-electron chi connectivity index (χ1n) is 7.07. The Morgan fingerprint density at radius 1 is 1.19 bits per heavy atom. The number of benzene rings is 1. The summed E-state index contributed by atoms with van der Waals surface area (Å²) in [5, 5.41) is 4.21. The van der Waals surface area contributed by atoms with Crippen molar-refractivity contribution in [1.29, 1.82) is 0 Å². The van der Waals surface area contributed by atoms with Crippen LogP contribution in [0.5, 0.6) is 0 Å². The van der Waals surface area contributed by atoms with Crippen LogP contribution in [-0.4, -0.2) is 11.5 Å². The molecule has 3 aromatic rings. The number of hydrogen-bond donors (Lipinski definition) is 1. The predicted molar refractivity (Wildman–Crippen MR) is 80.5 cm³/mol. The zero-order valence-corrected chi connectivity index (χ0v) is 11.8. The molecule has 1 N–H and O–H groups in total. The third-order valence-corrected chi connectivity index (χ3v) is 3.48. The van der Waals surface area contributed by atoms with Gasteiger partial charge in [-0.25, -0.2) is 4.39 Å². The van der Waals surface area contributed by atoms with Gasteiger partial charge < -0.3 is 9.73 Å². The summed E-state index contributed by atoms with van der Waals surface area (Å²) < 4.78 is 19.1. The van der Waals surface area contributed by atoms with E-state index in [9.17, 15) is 4.39 Å². The van der Waals surface area contributed by atoms with Crippen molar-refractivity contribution in [3.63, 3.8) is 0 Å². The fourth-order valence-corrected chi connectivity index (χ4v) is 2.48. The van der Waals surface area contributed by atoms with Crippen LogP contribution in [0.3, 0.4) is 0 Å². The van der Waals surface area contributed by atoms with Gasteiger partial charge in [-0.2, -0.15) is 0 Å². The lowest BCUT2D eigenvalue weighted by molar-refractivity contribution is 0.435. The summed E-state index contributed by atoms with van der Waals surface area (Å²) in [6.07, 6.45) is 4.37. The van der Waals surface area contributed by atoms with Crippen LogP contribution in [0.25, 0.3) is 11.0 Å². The van der Waals surface area contributed by atoms with E-state index >= 15 is 0 Å². The molecule has 1 aromatic carbocycles. The smallest absolute Gasteiger partial charge is 0.134 e. The molecule has 2 heterocycles. The molecule has 1 unspecified atom stereocenters. The number of furan rings is 1. The maximum atomic E-state index is 13.3. The first-order chi connectivity index (χ1) is 10.3. The van der Waals surface area contributed by atoms with E-state index in [4.69, 9.17) is 4.42 Å². The van der Waals surface area contributed by atoms with Gasteiger partial charge in [-0.3, -0.25) is 4.98 Å². The molecule has 4 heteroatoms. The van der Waals surface area contributed by atoms with Gasteiger partial charge >= 0.3 is 0 Å². The molecule has 0 fully saturated rings. The second-order valence-electron chi connectivity index (χ2n) is 5.00. The molecule has 0 aliphatic carbocycles. The number of pyridine rings is 1. The van der Waals surface area contributed by atoms with E-state index in [1.165, 1.54) is 17.7 Å². The molecule has 0 aliphatic rings. The van der Waals surface area contributed by atoms with Crippen molar-refractivity contribution in [3.8, 4) is 0 Å². The highest BCUT2D eigenvalue weighted by Gasteiger charge is 2.16. The minimum absolute atomic E-state index is 0.0628. The Bertz CT molecular complexity index is 724. The van der Waals surface area contributed by atoms with Gasteiger partial charge in [0.1, 0.15) is 17.2 Å². The molecule has 1 atom stereocenters. The summed E-state index contributed by atoms with van der Waals surface area (Å²) in [7, 11) is 0. The van der Waals surface area contributed by atoms with Gasteiger partial charge in [0.2, 0.25) is 0 Å². The summed E-state index contributed by atoms with van der Waals surface area (Å²) in [5.41, 5.74) is 1.90. The van der Waals surface area contributed by atoms with Crippen LogP contribution in [0.1, 0.15) is 24.3 Å². The Kier molecular flexibility index (Phi) is 3.97. The van der Waals surface area contributed by atoms with E-state index < -0.39 is 0 Å². The predicted octanol–water partition coefficient (Wildman–Crippen LogP) is 3.86. The third-order valence-electron chi connectivity index (χ3n) is 3.48. The number of hydrogen-bond acceptors (Lipinski definition) is 3. The molecule has 108 valence electrons. The van der Waals surface area contributed by atoms with Crippen molar-refractivity contribution in [2.45, 2.75) is 19.4 Å². The molecule has 0 spiro atoms. The number of nitrogens with one attached hydrogen (secondary N) is 1. The van der Waals surface area contributed by atoms with Gasteiger partial charge in [0.05, 0.1) is 6.04 Å².